The van der Waals surface area contributed by atoms with Crippen LogP contribution in [0.3, 0.4) is 0 Å². The maximum atomic E-state index is 12.6. The molecular formula is C24H34N2O2S. The number of rotatable bonds is 8. The van der Waals surface area contributed by atoms with Crippen molar-refractivity contribution in [1.29, 1.82) is 0 Å². The first-order valence-electron chi connectivity index (χ1n) is 11.4. The van der Waals surface area contributed by atoms with Gasteiger partial charge in [-0.25, -0.2) is 0 Å². The van der Waals surface area contributed by atoms with Gasteiger partial charge in [0.1, 0.15) is 5.75 Å². The Kier molecular flexibility index (Phi) is 6.43. The Hall–Kier alpha value is -1.62. The van der Waals surface area contributed by atoms with E-state index in [0.717, 1.165) is 36.5 Å². The van der Waals surface area contributed by atoms with Crippen molar-refractivity contribution in [2.24, 2.45) is 17.8 Å². The zero-order valence-corrected chi connectivity index (χ0v) is 18.4. The van der Waals surface area contributed by atoms with Crippen LogP contribution >= 0.6 is 12.2 Å². The zero-order valence-electron chi connectivity index (χ0n) is 17.5. The van der Waals surface area contributed by atoms with Crippen LogP contribution in [0.25, 0.3) is 0 Å². The number of carbonyl (C=O) groups is 1. The van der Waals surface area contributed by atoms with Gasteiger partial charge in [-0.05, 0) is 99.2 Å². The first-order chi connectivity index (χ1) is 14.0. The van der Waals surface area contributed by atoms with Crippen molar-refractivity contribution in [1.82, 2.24) is 10.6 Å². The Bertz CT molecular complexity index is 696. The quantitative estimate of drug-likeness (QED) is 0.452. The van der Waals surface area contributed by atoms with Crippen LogP contribution in [0.2, 0.25) is 0 Å². The van der Waals surface area contributed by atoms with E-state index in [9.17, 15) is 4.79 Å². The first kappa shape index (κ1) is 20.6. The molecule has 4 aliphatic carbocycles. The summed E-state index contributed by atoms with van der Waals surface area (Å²) >= 11 is 5.52. The zero-order chi connectivity index (χ0) is 20.3. The Morgan fingerprint density at radius 3 is 2.24 bits per heavy atom. The molecule has 0 aromatic heterocycles. The van der Waals surface area contributed by atoms with Crippen LogP contribution in [0.15, 0.2) is 24.3 Å². The van der Waals surface area contributed by atoms with Crippen molar-refractivity contribution in [3.05, 3.63) is 29.8 Å². The Morgan fingerprint density at radius 1 is 1.03 bits per heavy atom. The summed E-state index contributed by atoms with van der Waals surface area (Å²) in [7, 11) is 0. The van der Waals surface area contributed by atoms with Crippen LogP contribution in [-0.4, -0.2) is 23.2 Å². The van der Waals surface area contributed by atoms with Gasteiger partial charge >= 0.3 is 0 Å². The van der Waals surface area contributed by atoms with Gasteiger partial charge < -0.3 is 10.1 Å². The van der Waals surface area contributed by atoms with Crippen LogP contribution in [0, 0.1) is 17.8 Å². The average Bonchev–Trinajstić information content (AvgIpc) is 2.66. The van der Waals surface area contributed by atoms with Gasteiger partial charge in [-0.2, -0.15) is 0 Å². The number of ether oxygens (including phenoxy) is 1. The second-order valence-corrected chi connectivity index (χ2v) is 9.95. The second-order valence-electron chi connectivity index (χ2n) is 9.54. The Morgan fingerprint density at radius 2 is 1.66 bits per heavy atom. The summed E-state index contributed by atoms with van der Waals surface area (Å²) < 4.78 is 5.76. The summed E-state index contributed by atoms with van der Waals surface area (Å²) in [5.74, 6) is 3.21. The van der Waals surface area contributed by atoms with E-state index in [2.05, 4.69) is 17.6 Å². The lowest BCUT2D eigenvalue weighted by Gasteiger charge is -2.57. The predicted octanol–water partition coefficient (Wildman–Crippen LogP) is 5.22. The molecular weight excluding hydrogens is 380 g/mol. The van der Waals surface area contributed by atoms with Gasteiger partial charge in [-0.15, -0.1) is 0 Å². The van der Waals surface area contributed by atoms with Crippen molar-refractivity contribution < 1.29 is 9.53 Å². The molecule has 4 saturated carbocycles. The highest BCUT2D eigenvalue weighted by atomic mass is 32.1. The number of nitrogens with one attached hydrogen (secondary N) is 2. The van der Waals surface area contributed by atoms with E-state index in [1.165, 1.54) is 57.8 Å². The number of unbranched alkanes of at least 4 members (excludes halogenated alkanes) is 3. The maximum Gasteiger partial charge on any atom is 0.257 e. The highest BCUT2D eigenvalue weighted by Crippen LogP contribution is 2.55. The second kappa shape index (κ2) is 9.03. The van der Waals surface area contributed by atoms with Gasteiger partial charge in [0.05, 0.1) is 6.61 Å². The van der Waals surface area contributed by atoms with Crippen molar-refractivity contribution in [3.8, 4) is 5.75 Å². The third-order valence-corrected chi connectivity index (χ3v) is 7.23. The third kappa shape index (κ3) is 5.11. The molecule has 1 aromatic rings. The molecule has 5 heteroatoms. The molecule has 4 fully saturated rings. The lowest BCUT2D eigenvalue weighted by molar-refractivity contribution is -0.0101. The molecule has 0 radical (unpaired) electrons. The third-order valence-electron chi connectivity index (χ3n) is 7.03. The number of benzene rings is 1. The van der Waals surface area contributed by atoms with E-state index < -0.39 is 0 Å². The highest BCUT2D eigenvalue weighted by Gasteiger charge is 2.51. The molecule has 0 unspecified atom stereocenters. The summed E-state index contributed by atoms with van der Waals surface area (Å²) in [6, 6.07) is 7.35. The van der Waals surface area contributed by atoms with Crippen molar-refractivity contribution >= 4 is 23.2 Å². The van der Waals surface area contributed by atoms with E-state index >= 15 is 0 Å². The molecule has 0 spiro atoms. The fraction of sp³-hybridized carbons (Fsp3) is 0.667. The molecule has 4 aliphatic rings. The van der Waals surface area contributed by atoms with Crippen LogP contribution in [0.5, 0.6) is 5.75 Å². The smallest absolute Gasteiger partial charge is 0.257 e. The largest absolute Gasteiger partial charge is 0.494 e. The van der Waals surface area contributed by atoms with Gasteiger partial charge in [0.2, 0.25) is 0 Å². The van der Waals surface area contributed by atoms with Crippen molar-refractivity contribution in [2.45, 2.75) is 76.7 Å². The van der Waals surface area contributed by atoms with Gasteiger partial charge in [0, 0.05) is 11.1 Å². The van der Waals surface area contributed by atoms with Gasteiger partial charge in [-0.1, -0.05) is 26.2 Å². The molecule has 158 valence electrons. The number of hydrogen-bond donors (Lipinski definition) is 2. The number of thiocarbonyl (C=S) groups is 1. The van der Waals surface area contributed by atoms with Gasteiger partial charge in [-0.3, -0.25) is 10.1 Å². The molecule has 4 bridgehead atoms. The van der Waals surface area contributed by atoms with Gasteiger partial charge in [0.25, 0.3) is 5.91 Å². The molecule has 2 N–H and O–H groups in total. The minimum absolute atomic E-state index is 0.120. The van der Waals surface area contributed by atoms with Crippen LogP contribution in [0.4, 0.5) is 0 Å². The van der Waals surface area contributed by atoms with Crippen LogP contribution in [-0.2, 0) is 0 Å². The molecule has 0 heterocycles. The lowest BCUT2D eigenvalue weighted by atomic mass is 9.53. The van der Waals surface area contributed by atoms with Gasteiger partial charge in [0.15, 0.2) is 5.11 Å². The number of carbonyl (C=O) groups excluding carboxylic acids is 1. The van der Waals surface area contributed by atoms with Crippen molar-refractivity contribution in [2.75, 3.05) is 6.61 Å². The average molecular weight is 415 g/mol. The van der Waals surface area contributed by atoms with E-state index in [1.54, 1.807) is 0 Å². The molecule has 4 nitrogen and oxygen atoms in total. The van der Waals surface area contributed by atoms with Crippen LogP contribution in [0.1, 0.15) is 81.5 Å². The monoisotopic (exact) mass is 414 g/mol. The SMILES string of the molecule is CCCCCCOc1ccc(C(=O)NC(=S)NC23CC4CC(CC(C4)C2)C3)cc1. The maximum absolute atomic E-state index is 12.6. The molecule has 1 amide bonds. The summed E-state index contributed by atoms with van der Waals surface area (Å²) in [6.45, 7) is 2.93. The molecule has 5 rings (SSSR count). The number of hydrogen-bond acceptors (Lipinski definition) is 3. The minimum atomic E-state index is -0.151. The summed E-state index contributed by atoms with van der Waals surface area (Å²) in [4.78, 5) is 12.6. The van der Waals surface area contributed by atoms with Crippen molar-refractivity contribution in [3.63, 3.8) is 0 Å². The molecule has 29 heavy (non-hydrogen) atoms. The highest BCUT2D eigenvalue weighted by molar-refractivity contribution is 7.80. The summed E-state index contributed by atoms with van der Waals surface area (Å²) in [6.07, 6.45) is 12.6. The standard InChI is InChI=1S/C24H34N2O2S/c1-2-3-4-5-10-28-21-8-6-20(7-9-21)22(27)25-23(29)26-24-14-17-11-18(15-24)13-19(12-17)16-24/h6-9,17-19H,2-5,10-16H2,1H3,(H2,25,26,27,29). The lowest BCUT2D eigenvalue weighted by Crippen LogP contribution is -2.61. The molecule has 0 saturated heterocycles. The first-order valence-corrected chi connectivity index (χ1v) is 11.8. The topological polar surface area (TPSA) is 50.4 Å². The fourth-order valence-corrected chi connectivity index (χ4v) is 6.44. The minimum Gasteiger partial charge on any atom is -0.494 e. The van der Waals surface area contributed by atoms with E-state index in [0.29, 0.717) is 10.7 Å². The normalized spacial score (nSPS) is 29.5. The Balaban J connectivity index is 1.25. The molecule has 0 atom stereocenters. The molecule has 1 aromatic carbocycles. The fourth-order valence-electron chi connectivity index (χ4n) is 6.13. The Labute approximate surface area is 180 Å². The predicted molar refractivity (Wildman–Crippen MR) is 120 cm³/mol. The van der Waals surface area contributed by atoms with E-state index in [4.69, 9.17) is 17.0 Å². The number of amides is 1. The summed E-state index contributed by atoms with van der Waals surface area (Å²) in [5, 5.41) is 6.93. The van der Waals surface area contributed by atoms with E-state index in [1.807, 2.05) is 24.3 Å². The van der Waals surface area contributed by atoms with Crippen LogP contribution < -0.4 is 15.4 Å². The summed E-state index contributed by atoms with van der Waals surface area (Å²) in [5.41, 5.74) is 0.729. The van der Waals surface area contributed by atoms with E-state index in [-0.39, 0.29) is 11.4 Å². The molecule has 0 aliphatic heterocycles.